The van der Waals surface area contributed by atoms with Crippen LogP contribution in [-0.2, 0) is 7.05 Å². The minimum Gasteiger partial charge on any atom is -0.384 e. The van der Waals surface area contributed by atoms with Gasteiger partial charge in [-0.1, -0.05) is 0 Å². The maximum atomic E-state index is 6.89. The molecule has 0 amide bonds. The van der Waals surface area contributed by atoms with Crippen molar-refractivity contribution in [3.63, 3.8) is 0 Å². The lowest BCUT2D eigenvalue weighted by Gasteiger charge is -1.92. The van der Waals surface area contributed by atoms with Crippen LogP contribution in [0.3, 0.4) is 0 Å². The Morgan fingerprint density at radius 2 is 2.58 bits per heavy atom. The van der Waals surface area contributed by atoms with Crippen molar-refractivity contribution in [2.24, 2.45) is 12.8 Å². The molecule has 1 aromatic heterocycles. The van der Waals surface area contributed by atoms with Crippen molar-refractivity contribution in [1.29, 1.82) is 5.41 Å². The molecule has 64 valence electrons. The molecule has 0 aliphatic heterocycles. The number of nitrogens with zero attached hydrogens (tertiary/aromatic N) is 2. The molecule has 0 radical (unpaired) electrons. The Kier molecular flexibility index (Phi) is 2.47. The molecule has 0 aliphatic carbocycles. The Hall–Kier alpha value is -1.78. The Bertz CT molecular complexity index is 299. The smallest absolute Gasteiger partial charge is 0.151 e. The molecule has 0 aromatic carbocycles. The molecule has 5 nitrogen and oxygen atoms in total. The highest BCUT2D eigenvalue weighted by Gasteiger charge is 1.90. The summed E-state index contributed by atoms with van der Waals surface area (Å²) in [5.41, 5.74) is 5.09. The van der Waals surface area contributed by atoms with Gasteiger partial charge in [0, 0.05) is 25.5 Å². The Labute approximate surface area is 70.4 Å². The summed E-state index contributed by atoms with van der Waals surface area (Å²) >= 11 is 0. The van der Waals surface area contributed by atoms with Crippen molar-refractivity contribution in [2.45, 2.75) is 0 Å². The van der Waals surface area contributed by atoms with E-state index >= 15 is 0 Å². The van der Waals surface area contributed by atoms with Gasteiger partial charge in [0.2, 0.25) is 0 Å². The van der Waals surface area contributed by atoms with E-state index in [0.717, 1.165) is 5.82 Å². The number of rotatable bonds is 3. The largest absolute Gasteiger partial charge is 0.384 e. The molecule has 4 N–H and O–H groups in total. The molecule has 0 saturated carbocycles. The van der Waals surface area contributed by atoms with Crippen molar-refractivity contribution in [3.05, 3.63) is 24.5 Å². The highest BCUT2D eigenvalue weighted by molar-refractivity contribution is 5.88. The molecule has 0 atom stereocenters. The van der Waals surface area contributed by atoms with Crippen LogP contribution in [0.1, 0.15) is 0 Å². The molecular weight excluding hydrogens is 154 g/mol. The first-order valence-electron chi connectivity index (χ1n) is 3.45. The van der Waals surface area contributed by atoms with E-state index in [2.05, 4.69) is 10.4 Å². The fourth-order valence-corrected chi connectivity index (χ4v) is 0.709. The number of aromatic nitrogens is 2. The summed E-state index contributed by atoms with van der Waals surface area (Å²) in [6.07, 6.45) is 4.85. The van der Waals surface area contributed by atoms with E-state index < -0.39 is 0 Å². The van der Waals surface area contributed by atoms with Crippen molar-refractivity contribution in [3.8, 4) is 0 Å². The quantitative estimate of drug-likeness (QED) is 0.444. The van der Waals surface area contributed by atoms with Gasteiger partial charge in [0.15, 0.2) is 5.82 Å². The molecule has 0 bridgehead atoms. The lowest BCUT2D eigenvalue weighted by Crippen LogP contribution is -2.05. The summed E-state index contributed by atoms with van der Waals surface area (Å²) in [5.74, 6) is 0.744. The van der Waals surface area contributed by atoms with Gasteiger partial charge in [-0.15, -0.1) is 0 Å². The first-order chi connectivity index (χ1) is 5.68. The first kappa shape index (κ1) is 8.32. The van der Waals surface area contributed by atoms with Crippen molar-refractivity contribution < 1.29 is 0 Å². The third-order valence-electron chi connectivity index (χ3n) is 1.21. The maximum Gasteiger partial charge on any atom is 0.151 e. The summed E-state index contributed by atoms with van der Waals surface area (Å²) in [5, 5.41) is 13.8. The zero-order chi connectivity index (χ0) is 8.97. The fourth-order valence-electron chi connectivity index (χ4n) is 0.709. The SMILES string of the molecule is Cn1ccc(N/C=C\C(=N)N)n1. The maximum absolute atomic E-state index is 6.89. The highest BCUT2D eigenvalue weighted by atomic mass is 15.3. The summed E-state index contributed by atoms with van der Waals surface area (Å²) in [6.45, 7) is 0. The van der Waals surface area contributed by atoms with Crippen LogP contribution in [0.2, 0.25) is 0 Å². The monoisotopic (exact) mass is 165 g/mol. The standard InChI is InChI=1S/C7H11N5/c1-12-5-3-7(11-12)10-4-2-6(8)9/h2-5H,1H3,(H3,8,9)(H,10,11)/b4-2-. The number of hydrogen-bond donors (Lipinski definition) is 3. The summed E-state index contributed by atoms with van der Waals surface area (Å²) in [4.78, 5) is 0. The molecule has 0 spiro atoms. The van der Waals surface area contributed by atoms with E-state index in [9.17, 15) is 0 Å². The van der Waals surface area contributed by atoms with Gasteiger partial charge in [0.1, 0.15) is 5.84 Å². The van der Waals surface area contributed by atoms with E-state index in [0.29, 0.717) is 0 Å². The molecular formula is C7H11N5. The molecule has 5 heteroatoms. The minimum absolute atomic E-state index is 0.0124. The summed E-state index contributed by atoms with van der Waals surface area (Å²) in [7, 11) is 1.83. The van der Waals surface area contributed by atoms with Crippen LogP contribution in [0.15, 0.2) is 24.5 Å². The predicted octanol–water partition coefficient (Wildman–Crippen LogP) is 0.282. The van der Waals surface area contributed by atoms with E-state index in [-0.39, 0.29) is 5.84 Å². The molecule has 1 rings (SSSR count). The molecule has 1 heterocycles. The number of amidine groups is 1. The van der Waals surface area contributed by atoms with Gasteiger partial charge >= 0.3 is 0 Å². The molecule has 0 unspecified atom stereocenters. The molecule has 1 aromatic rings. The zero-order valence-electron chi connectivity index (χ0n) is 6.78. The third-order valence-corrected chi connectivity index (χ3v) is 1.21. The molecule has 0 aliphatic rings. The van der Waals surface area contributed by atoms with Gasteiger partial charge in [-0.05, 0) is 6.08 Å². The lowest BCUT2D eigenvalue weighted by molar-refractivity contribution is 0.771. The van der Waals surface area contributed by atoms with Crippen LogP contribution in [0.4, 0.5) is 5.82 Å². The van der Waals surface area contributed by atoms with E-state index in [1.807, 2.05) is 19.3 Å². The van der Waals surface area contributed by atoms with Gasteiger partial charge in [-0.25, -0.2) is 0 Å². The van der Waals surface area contributed by atoms with Crippen LogP contribution < -0.4 is 11.1 Å². The van der Waals surface area contributed by atoms with Gasteiger partial charge < -0.3 is 11.1 Å². The molecule has 0 fully saturated rings. The summed E-state index contributed by atoms with van der Waals surface area (Å²) in [6, 6.07) is 1.82. The third kappa shape index (κ3) is 2.45. The average molecular weight is 165 g/mol. The van der Waals surface area contributed by atoms with Crippen LogP contribution in [0.25, 0.3) is 0 Å². The normalized spacial score (nSPS) is 10.4. The minimum atomic E-state index is 0.0124. The average Bonchev–Trinajstić information content (AvgIpc) is 2.35. The van der Waals surface area contributed by atoms with E-state index in [1.165, 1.54) is 6.08 Å². The van der Waals surface area contributed by atoms with Gasteiger partial charge in [0.25, 0.3) is 0 Å². The second-order valence-electron chi connectivity index (χ2n) is 2.31. The lowest BCUT2D eigenvalue weighted by atomic mass is 10.5. The van der Waals surface area contributed by atoms with Gasteiger partial charge in [-0.3, -0.25) is 10.1 Å². The Morgan fingerprint density at radius 1 is 1.83 bits per heavy atom. The van der Waals surface area contributed by atoms with Crippen molar-refractivity contribution >= 4 is 11.7 Å². The number of aryl methyl sites for hydroxylation is 1. The second kappa shape index (κ2) is 3.56. The summed E-state index contributed by atoms with van der Waals surface area (Å²) < 4.78 is 1.68. The van der Waals surface area contributed by atoms with Crippen LogP contribution in [0, 0.1) is 5.41 Å². The molecule has 0 saturated heterocycles. The fraction of sp³-hybridized carbons (Fsp3) is 0.143. The topological polar surface area (TPSA) is 79.7 Å². The number of nitrogens with one attached hydrogen (secondary N) is 2. The van der Waals surface area contributed by atoms with Crippen molar-refractivity contribution in [2.75, 3.05) is 5.32 Å². The van der Waals surface area contributed by atoms with Gasteiger partial charge in [-0.2, -0.15) is 5.10 Å². The Morgan fingerprint density at radius 3 is 3.08 bits per heavy atom. The number of hydrogen-bond acceptors (Lipinski definition) is 3. The van der Waals surface area contributed by atoms with E-state index in [4.69, 9.17) is 11.1 Å². The van der Waals surface area contributed by atoms with Crippen LogP contribution in [0.5, 0.6) is 0 Å². The van der Waals surface area contributed by atoms with Gasteiger partial charge in [0.05, 0.1) is 0 Å². The van der Waals surface area contributed by atoms with Crippen molar-refractivity contribution in [1.82, 2.24) is 9.78 Å². The Balaban J connectivity index is 2.48. The highest BCUT2D eigenvalue weighted by Crippen LogP contribution is 1.99. The first-order valence-corrected chi connectivity index (χ1v) is 3.45. The number of nitrogens with two attached hydrogens (primary N) is 1. The molecule has 12 heavy (non-hydrogen) atoms. The zero-order valence-corrected chi connectivity index (χ0v) is 6.78. The second-order valence-corrected chi connectivity index (χ2v) is 2.31. The van der Waals surface area contributed by atoms with E-state index in [1.54, 1.807) is 10.9 Å². The van der Waals surface area contributed by atoms with Crippen LogP contribution in [-0.4, -0.2) is 15.6 Å². The predicted molar refractivity (Wildman–Crippen MR) is 47.9 cm³/mol. The van der Waals surface area contributed by atoms with Crippen LogP contribution >= 0.6 is 0 Å². The number of anilines is 1.